The summed E-state index contributed by atoms with van der Waals surface area (Å²) >= 11 is 0. The molecule has 0 atom stereocenters. The Labute approximate surface area is 229 Å². The fourth-order valence-electron chi connectivity index (χ4n) is 5.40. The van der Waals surface area contributed by atoms with E-state index < -0.39 is 0 Å². The quantitative estimate of drug-likeness (QED) is 0.237. The van der Waals surface area contributed by atoms with Crippen molar-refractivity contribution in [2.45, 2.75) is 0 Å². The Balaban J connectivity index is 1.21. The summed E-state index contributed by atoms with van der Waals surface area (Å²) in [5.41, 5.74) is 5.05. The molecule has 40 heavy (non-hydrogen) atoms. The average molecular weight is 519 g/mol. The van der Waals surface area contributed by atoms with Gasteiger partial charge in [0.05, 0.1) is 28.6 Å². The smallest absolute Gasteiger partial charge is 0.148 e. The molecule has 5 heterocycles. The van der Waals surface area contributed by atoms with Crippen LogP contribution in [0.4, 0.5) is 0 Å². The summed E-state index contributed by atoms with van der Waals surface area (Å²) in [6.07, 6.45) is 9.33. The van der Waals surface area contributed by atoms with Crippen LogP contribution in [-0.4, -0.2) is 28.9 Å². The number of pyridine rings is 2. The van der Waals surface area contributed by atoms with E-state index >= 15 is 0 Å². The first kappa shape index (κ1) is 22.3. The molecule has 0 saturated heterocycles. The Morgan fingerprint density at radius 2 is 1.48 bits per heavy atom. The van der Waals surface area contributed by atoms with Gasteiger partial charge < -0.3 is 9.30 Å². The van der Waals surface area contributed by atoms with Gasteiger partial charge in [-0.1, -0.05) is 30.3 Å². The highest BCUT2D eigenvalue weighted by Crippen LogP contribution is 2.35. The number of fused-ring (bicyclic) bond motifs is 4. The number of hydrogen-bond donors (Lipinski definition) is 0. The van der Waals surface area contributed by atoms with E-state index in [0.717, 1.165) is 56.1 Å². The van der Waals surface area contributed by atoms with Gasteiger partial charge in [-0.05, 0) is 60.7 Å². The summed E-state index contributed by atoms with van der Waals surface area (Å²) in [6.45, 7) is 0. The fraction of sp³-hybridized carbons (Fsp3) is 0. The Morgan fingerprint density at radius 3 is 2.38 bits per heavy atom. The molecule has 0 unspecified atom stereocenters. The second-order valence-corrected chi connectivity index (χ2v) is 9.55. The van der Waals surface area contributed by atoms with Crippen molar-refractivity contribution < 1.29 is 4.74 Å². The summed E-state index contributed by atoms with van der Waals surface area (Å²) in [6, 6.07) is 34.6. The first-order chi connectivity index (χ1) is 19.8. The van der Waals surface area contributed by atoms with Crippen molar-refractivity contribution >= 4 is 32.8 Å². The molecule has 190 valence electrons. The van der Waals surface area contributed by atoms with Crippen molar-refractivity contribution in [3.8, 4) is 28.7 Å². The Hall–Kier alpha value is -5.69. The van der Waals surface area contributed by atoms with Crippen LogP contribution in [0.2, 0.25) is 0 Å². The van der Waals surface area contributed by atoms with Gasteiger partial charge in [0.1, 0.15) is 23.0 Å². The van der Waals surface area contributed by atoms with E-state index in [1.165, 1.54) is 5.39 Å². The molecule has 0 bridgehead atoms. The van der Waals surface area contributed by atoms with Crippen molar-refractivity contribution in [1.29, 1.82) is 0 Å². The second kappa shape index (κ2) is 8.96. The third-order valence-corrected chi connectivity index (χ3v) is 7.16. The van der Waals surface area contributed by atoms with Crippen LogP contribution in [0.25, 0.3) is 50.0 Å². The summed E-state index contributed by atoms with van der Waals surface area (Å²) < 4.78 is 12.7. The molecule has 5 aromatic heterocycles. The number of rotatable bonds is 5. The van der Waals surface area contributed by atoms with E-state index in [1.54, 1.807) is 12.4 Å². The van der Waals surface area contributed by atoms with Gasteiger partial charge in [-0.3, -0.25) is 9.55 Å². The maximum atomic E-state index is 6.43. The van der Waals surface area contributed by atoms with E-state index in [2.05, 4.69) is 72.9 Å². The van der Waals surface area contributed by atoms with Crippen LogP contribution in [0.15, 0.2) is 134 Å². The lowest BCUT2D eigenvalue weighted by molar-refractivity contribution is 0.483. The lowest BCUT2D eigenvalue weighted by Gasteiger charge is -2.11. The maximum absolute atomic E-state index is 6.43. The van der Waals surface area contributed by atoms with Gasteiger partial charge in [-0.2, -0.15) is 5.10 Å². The van der Waals surface area contributed by atoms with Crippen LogP contribution >= 0.6 is 0 Å². The molecule has 0 aliphatic heterocycles. The largest absolute Gasteiger partial charge is 0.457 e. The van der Waals surface area contributed by atoms with Crippen LogP contribution in [0.5, 0.6) is 11.5 Å². The molecule has 8 rings (SSSR count). The molecule has 0 N–H and O–H groups in total. The monoisotopic (exact) mass is 518 g/mol. The number of nitrogens with zero attached hydrogens (tertiary/aromatic N) is 6. The van der Waals surface area contributed by atoms with E-state index in [1.807, 2.05) is 77.7 Å². The van der Waals surface area contributed by atoms with Crippen LogP contribution in [0, 0.1) is 0 Å². The van der Waals surface area contributed by atoms with Gasteiger partial charge >= 0.3 is 0 Å². The maximum Gasteiger partial charge on any atom is 0.148 e. The van der Waals surface area contributed by atoms with Crippen molar-refractivity contribution in [2.75, 3.05) is 0 Å². The van der Waals surface area contributed by atoms with Gasteiger partial charge in [-0.25, -0.2) is 9.67 Å². The number of aromatic nitrogens is 6. The molecule has 7 heteroatoms. The molecular weight excluding hydrogens is 496 g/mol. The first-order valence-electron chi connectivity index (χ1n) is 13.0. The summed E-state index contributed by atoms with van der Waals surface area (Å²) in [4.78, 5) is 8.78. The number of para-hydroxylation sites is 1. The Bertz CT molecular complexity index is 2140. The molecule has 0 aliphatic rings. The minimum Gasteiger partial charge on any atom is -0.457 e. The lowest BCUT2D eigenvalue weighted by Crippen LogP contribution is -2.02. The van der Waals surface area contributed by atoms with Gasteiger partial charge in [0.15, 0.2) is 0 Å². The van der Waals surface area contributed by atoms with Crippen molar-refractivity contribution in [3.05, 3.63) is 134 Å². The van der Waals surface area contributed by atoms with E-state index in [4.69, 9.17) is 4.74 Å². The Morgan fingerprint density at radius 1 is 0.625 bits per heavy atom. The predicted molar refractivity (Wildman–Crippen MR) is 157 cm³/mol. The highest BCUT2D eigenvalue weighted by atomic mass is 16.5. The van der Waals surface area contributed by atoms with Gasteiger partial charge in [0.25, 0.3) is 0 Å². The van der Waals surface area contributed by atoms with E-state index in [-0.39, 0.29) is 0 Å². The molecule has 0 radical (unpaired) electrons. The molecule has 0 spiro atoms. The normalized spacial score (nSPS) is 11.5. The van der Waals surface area contributed by atoms with Crippen LogP contribution in [0.3, 0.4) is 0 Å². The van der Waals surface area contributed by atoms with Gasteiger partial charge in [0, 0.05) is 53.1 Å². The standard InChI is InChI=1S/C33H22N6O/c1-2-9-30-28(8-1)29-12-11-27(21-31(29)38(30)32-10-3-4-16-35-32)40-26-7-5-6-25(20-26)39-33-23(22-36-39)15-19-37(33)24-13-17-34-18-14-24/h1-22H. The number of ether oxygens (including phenoxy) is 1. The molecule has 3 aromatic carbocycles. The highest BCUT2D eigenvalue weighted by molar-refractivity contribution is 6.09. The lowest BCUT2D eigenvalue weighted by atomic mass is 10.1. The van der Waals surface area contributed by atoms with E-state index in [9.17, 15) is 0 Å². The van der Waals surface area contributed by atoms with Crippen molar-refractivity contribution in [2.24, 2.45) is 0 Å². The zero-order chi connectivity index (χ0) is 26.5. The minimum atomic E-state index is 0.725. The predicted octanol–water partition coefficient (Wildman–Crippen LogP) is 7.50. The third kappa shape index (κ3) is 3.56. The average Bonchev–Trinajstić information content (AvgIpc) is 3.70. The molecule has 0 aliphatic carbocycles. The molecule has 7 nitrogen and oxygen atoms in total. The van der Waals surface area contributed by atoms with Crippen molar-refractivity contribution in [3.63, 3.8) is 0 Å². The van der Waals surface area contributed by atoms with E-state index in [0.29, 0.717) is 0 Å². The van der Waals surface area contributed by atoms with Gasteiger partial charge in [-0.15, -0.1) is 0 Å². The molecule has 0 amide bonds. The van der Waals surface area contributed by atoms with Crippen LogP contribution < -0.4 is 4.74 Å². The minimum absolute atomic E-state index is 0.725. The third-order valence-electron chi connectivity index (χ3n) is 7.16. The zero-order valence-electron chi connectivity index (χ0n) is 21.3. The first-order valence-corrected chi connectivity index (χ1v) is 13.0. The van der Waals surface area contributed by atoms with Crippen LogP contribution in [-0.2, 0) is 0 Å². The Kier molecular flexibility index (Phi) is 4.99. The SMILES string of the molecule is c1ccc(-n2c3ccccc3c3ccc(Oc4cccc(-n5ncc6ccn(-c7ccncc7)c65)c4)cc32)nc1. The van der Waals surface area contributed by atoms with Crippen molar-refractivity contribution in [1.82, 2.24) is 28.9 Å². The second-order valence-electron chi connectivity index (χ2n) is 9.55. The fourth-order valence-corrected chi connectivity index (χ4v) is 5.40. The highest BCUT2D eigenvalue weighted by Gasteiger charge is 2.15. The number of benzene rings is 3. The zero-order valence-corrected chi connectivity index (χ0v) is 21.3. The van der Waals surface area contributed by atoms with Crippen LogP contribution in [0.1, 0.15) is 0 Å². The van der Waals surface area contributed by atoms with Gasteiger partial charge in [0.2, 0.25) is 0 Å². The molecular formula is C33H22N6O. The summed E-state index contributed by atoms with van der Waals surface area (Å²) in [5, 5.41) is 8.06. The topological polar surface area (TPSA) is 62.7 Å². The molecule has 0 fully saturated rings. The molecule has 0 saturated carbocycles. The molecule has 8 aromatic rings. The summed E-state index contributed by atoms with van der Waals surface area (Å²) in [5.74, 6) is 2.34. The number of hydrogen-bond acceptors (Lipinski definition) is 4. The summed E-state index contributed by atoms with van der Waals surface area (Å²) in [7, 11) is 0.